The van der Waals surface area contributed by atoms with E-state index in [1.54, 1.807) is 0 Å². The first-order valence-electron chi connectivity index (χ1n) is 7.29. The Balaban J connectivity index is 2.16. The summed E-state index contributed by atoms with van der Waals surface area (Å²) in [6, 6.07) is 18.4. The van der Waals surface area contributed by atoms with Crippen molar-refractivity contribution in [2.45, 2.75) is 19.0 Å². The maximum absolute atomic E-state index is 8.87. The second kappa shape index (κ2) is 6.67. The number of benzene rings is 2. The molecule has 0 atom stereocenters. The molecule has 0 N–H and O–H groups in total. The highest BCUT2D eigenvalue weighted by Crippen LogP contribution is 2.28. The molecule has 4 nitrogen and oxygen atoms in total. The molecule has 0 radical (unpaired) electrons. The third-order valence-electron chi connectivity index (χ3n) is 3.68. The number of aryl methyl sites for hydroxylation is 2. The van der Waals surface area contributed by atoms with Crippen LogP contribution in [0.25, 0.3) is 17.1 Å². The monoisotopic (exact) mass is 320 g/mol. The van der Waals surface area contributed by atoms with Crippen LogP contribution in [0.2, 0.25) is 0 Å². The van der Waals surface area contributed by atoms with Crippen LogP contribution in [-0.4, -0.2) is 20.5 Å². The Morgan fingerprint density at radius 1 is 1.04 bits per heavy atom. The van der Waals surface area contributed by atoms with Gasteiger partial charge in [-0.3, -0.25) is 4.57 Å². The average molecular weight is 320 g/mol. The molecule has 3 rings (SSSR count). The minimum absolute atomic E-state index is 0.345. The normalized spacial score (nSPS) is 10.5. The van der Waals surface area contributed by atoms with Gasteiger partial charge in [0.2, 0.25) is 0 Å². The first kappa shape index (κ1) is 15.3. The lowest BCUT2D eigenvalue weighted by Crippen LogP contribution is -2.00. The van der Waals surface area contributed by atoms with Gasteiger partial charge in [-0.2, -0.15) is 5.26 Å². The first-order chi connectivity index (χ1) is 11.2. The molecule has 0 aliphatic rings. The van der Waals surface area contributed by atoms with Crippen LogP contribution in [0.5, 0.6) is 0 Å². The molecule has 2 aromatic carbocycles. The van der Waals surface area contributed by atoms with Gasteiger partial charge >= 0.3 is 0 Å². The summed E-state index contributed by atoms with van der Waals surface area (Å²) in [5.41, 5.74) is 4.47. The Morgan fingerprint density at radius 2 is 1.83 bits per heavy atom. The van der Waals surface area contributed by atoms with Gasteiger partial charge in [0, 0.05) is 5.56 Å². The number of hydrogen-bond donors (Lipinski definition) is 0. The Morgan fingerprint density at radius 3 is 2.52 bits per heavy atom. The number of nitrogens with zero attached hydrogens (tertiary/aromatic N) is 4. The van der Waals surface area contributed by atoms with Crippen molar-refractivity contribution in [3.63, 3.8) is 0 Å². The van der Waals surface area contributed by atoms with Crippen LogP contribution >= 0.6 is 11.8 Å². The van der Waals surface area contributed by atoms with Crippen LogP contribution in [0.15, 0.2) is 53.7 Å². The van der Waals surface area contributed by atoms with Gasteiger partial charge in [-0.25, -0.2) is 0 Å². The molecule has 0 bridgehead atoms. The summed E-state index contributed by atoms with van der Waals surface area (Å²) < 4.78 is 2.02. The average Bonchev–Trinajstić information content (AvgIpc) is 3.00. The van der Waals surface area contributed by atoms with Crippen LogP contribution in [0.4, 0.5) is 0 Å². The maximum Gasteiger partial charge on any atom is 0.197 e. The summed E-state index contributed by atoms with van der Waals surface area (Å²) in [7, 11) is 0. The van der Waals surface area contributed by atoms with E-state index >= 15 is 0 Å². The molecule has 0 aliphatic heterocycles. The molecular formula is C18H16N4S. The fourth-order valence-electron chi connectivity index (χ4n) is 2.33. The lowest BCUT2D eigenvalue weighted by molar-refractivity contribution is 0.886. The van der Waals surface area contributed by atoms with E-state index in [9.17, 15) is 0 Å². The lowest BCUT2D eigenvalue weighted by atomic mass is 10.1. The van der Waals surface area contributed by atoms with E-state index in [4.69, 9.17) is 5.26 Å². The zero-order chi connectivity index (χ0) is 16.2. The molecule has 5 heteroatoms. The molecule has 23 heavy (non-hydrogen) atoms. The van der Waals surface area contributed by atoms with Crippen molar-refractivity contribution < 1.29 is 0 Å². The minimum atomic E-state index is 0.345. The fourth-order valence-corrected chi connectivity index (χ4v) is 2.95. The molecule has 1 aromatic heterocycles. The summed E-state index contributed by atoms with van der Waals surface area (Å²) in [5, 5.41) is 18.2. The highest BCUT2D eigenvalue weighted by molar-refractivity contribution is 7.99. The number of rotatable bonds is 4. The van der Waals surface area contributed by atoms with Gasteiger partial charge in [0.1, 0.15) is 0 Å². The van der Waals surface area contributed by atoms with Crippen LogP contribution in [0.3, 0.4) is 0 Å². The van der Waals surface area contributed by atoms with E-state index in [0.29, 0.717) is 5.75 Å². The van der Waals surface area contributed by atoms with Crippen LogP contribution < -0.4 is 0 Å². The number of hydrogen-bond acceptors (Lipinski definition) is 4. The molecule has 114 valence electrons. The van der Waals surface area contributed by atoms with E-state index < -0.39 is 0 Å². The SMILES string of the molecule is Cc1ccc(-n2c(SCC#N)nnc2-c2ccccc2)cc1C. The molecular weight excluding hydrogens is 304 g/mol. The number of nitriles is 1. The topological polar surface area (TPSA) is 54.5 Å². The molecule has 0 saturated carbocycles. The van der Waals surface area contributed by atoms with E-state index in [1.807, 2.05) is 34.9 Å². The van der Waals surface area contributed by atoms with Crippen molar-refractivity contribution in [2.24, 2.45) is 0 Å². The van der Waals surface area contributed by atoms with E-state index in [0.717, 1.165) is 22.2 Å². The molecule has 0 amide bonds. The summed E-state index contributed by atoms with van der Waals surface area (Å²) in [6.45, 7) is 4.18. The van der Waals surface area contributed by atoms with E-state index in [-0.39, 0.29) is 0 Å². The van der Waals surface area contributed by atoms with Gasteiger partial charge in [-0.1, -0.05) is 48.2 Å². The second-order valence-corrected chi connectivity index (χ2v) is 6.17. The highest BCUT2D eigenvalue weighted by atomic mass is 32.2. The summed E-state index contributed by atoms with van der Waals surface area (Å²) in [5.74, 6) is 1.13. The largest absolute Gasteiger partial charge is 0.270 e. The highest BCUT2D eigenvalue weighted by Gasteiger charge is 2.16. The molecule has 0 aliphatic carbocycles. The zero-order valence-corrected chi connectivity index (χ0v) is 13.8. The Labute approximate surface area is 139 Å². The van der Waals surface area contributed by atoms with E-state index in [2.05, 4.69) is 48.3 Å². The van der Waals surface area contributed by atoms with Crippen molar-refractivity contribution >= 4 is 11.8 Å². The third-order valence-corrected chi connectivity index (χ3v) is 4.48. The standard InChI is InChI=1S/C18H16N4S/c1-13-8-9-16(12-14(13)2)22-17(15-6-4-3-5-7-15)20-21-18(22)23-11-10-19/h3-9,12H,11H2,1-2H3. The summed E-state index contributed by atoms with van der Waals surface area (Å²) in [6.07, 6.45) is 0. The second-order valence-electron chi connectivity index (χ2n) is 5.22. The van der Waals surface area contributed by atoms with Gasteiger partial charge in [0.15, 0.2) is 11.0 Å². The van der Waals surface area contributed by atoms with Gasteiger partial charge in [0.05, 0.1) is 17.5 Å². The van der Waals surface area contributed by atoms with Crippen molar-refractivity contribution in [3.8, 4) is 23.1 Å². The maximum atomic E-state index is 8.87. The Bertz CT molecular complexity index is 862. The fraction of sp³-hybridized carbons (Fsp3) is 0.167. The Kier molecular flexibility index (Phi) is 4.45. The number of thioether (sulfide) groups is 1. The van der Waals surface area contributed by atoms with Crippen molar-refractivity contribution in [3.05, 3.63) is 59.7 Å². The van der Waals surface area contributed by atoms with Gasteiger partial charge in [-0.15, -0.1) is 10.2 Å². The number of aromatic nitrogens is 3. The van der Waals surface area contributed by atoms with E-state index in [1.165, 1.54) is 22.9 Å². The van der Waals surface area contributed by atoms with Crippen LogP contribution in [0, 0.1) is 25.2 Å². The smallest absolute Gasteiger partial charge is 0.197 e. The van der Waals surface area contributed by atoms with Crippen LogP contribution in [-0.2, 0) is 0 Å². The van der Waals surface area contributed by atoms with Gasteiger partial charge in [-0.05, 0) is 37.1 Å². The summed E-state index contributed by atoms with van der Waals surface area (Å²) in [4.78, 5) is 0. The molecule has 3 aromatic rings. The first-order valence-corrected chi connectivity index (χ1v) is 8.27. The molecule has 0 spiro atoms. The van der Waals surface area contributed by atoms with Crippen molar-refractivity contribution in [1.82, 2.24) is 14.8 Å². The van der Waals surface area contributed by atoms with Crippen LogP contribution in [0.1, 0.15) is 11.1 Å². The zero-order valence-electron chi connectivity index (χ0n) is 13.0. The van der Waals surface area contributed by atoms with Crippen molar-refractivity contribution in [1.29, 1.82) is 5.26 Å². The van der Waals surface area contributed by atoms with Gasteiger partial charge in [0.25, 0.3) is 0 Å². The summed E-state index contributed by atoms with van der Waals surface area (Å²) >= 11 is 1.40. The molecule has 0 saturated heterocycles. The quantitative estimate of drug-likeness (QED) is 0.677. The Hall–Kier alpha value is -2.58. The molecule has 1 heterocycles. The minimum Gasteiger partial charge on any atom is -0.270 e. The van der Waals surface area contributed by atoms with Gasteiger partial charge < -0.3 is 0 Å². The third kappa shape index (κ3) is 3.13. The molecule has 0 unspecified atom stereocenters. The van der Waals surface area contributed by atoms with Crippen molar-refractivity contribution in [2.75, 3.05) is 5.75 Å². The lowest BCUT2D eigenvalue weighted by Gasteiger charge is -2.11. The molecule has 0 fully saturated rings. The predicted molar refractivity (Wildman–Crippen MR) is 92.6 cm³/mol. The predicted octanol–water partition coefficient (Wildman–Crippen LogP) is 4.17.